The summed E-state index contributed by atoms with van der Waals surface area (Å²) in [7, 11) is 0. The van der Waals surface area contributed by atoms with Gasteiger partial charge in [-0.15, -0.1) is 0 Å². The summed E-state index contributed by atoms with van der Waals surface area (Å²) in [6, 6.07) is 5.17. The van der Waals surface area contributed by atoms with Crippen LogP contribution in [0.5, 0.6) is 0 Å². The summed E-state index contributed by atoms with van der Waals surface area (Å²) in [6.45, 7) is 5.84. The minimum Gasteiger partial charge on any atom is -0.352 e. The Morgan fingerprint density at radius 2 is 1.83 bits per heavy atom. The number of carbonyl (C=O) groups excluding carboxylic acids is 2. The molecule has 2 amide bonds. The van der Waals surface area contributed by atoms with Crippen LogP contribution in [-0.2, 0) is 16.1 Å². The summed E-state index contributed by atoms with van der Waals surface area (Å²) in [4.78, 5) is 29.5. The van der Waals surface area contributed by atoms with E-state index in [0.29, 0.717) is 24.4 Å². The molecule has 158 valence electrons. The second-order valence-electron chi connectivity index (χ2n) is 8.95. The number of benzene rings is 1. The van der Waals surface area contributed by atoms with Gasteiger partial charge in [-0.05, 0) is 75.3 Å². The molecular weight excluding hydrogens is 369 g/mol. The first-order valence-electron chi connectivity index (χ1n) is 11.1. The fourth-order valence-electron chi connectivity index (χ4n) is 4.75. The fourth-order valence-corrected chi connectivity index (χ4v) is 4.75. The van der Waals surface area contributed by atoms with E-state index in [0.717, 1.165) is 75.8 Å². The standard InChI is InChI=1S/C23H32FN3O2/c1-16-4-7-20(24)13-19(16)14-25-22(28)18-3-2-10-27(15-18)21-8-11-26(12-9-21)23(29)17-5-6-17/h4,7,13,17-18,21H,2-3,5-6,8-12,14-15H2,1H3,(H,25,28)/t18-/m0/s1. The quantitative estimate of drug-likeness (QED) is 0.826. The molecule has 3 aliphatic rings. The molecule has 1 saturated carbocycles. The van der Waals surface area contributed by atoms with Crippen LogP contribution in [0.1, 0.15) is 49.7 Å². The first kappa shape index (κ1) is 20.3. The van der Waals surface area contributed by atoms with E-state index in [1.165, 1.54) is 12.1 Å². The molecule has 1 aromatic carbocycles. The molecule has 2 aliphatic heterocycles. The molecule has 0 radical (unpaired) electrons. The molecule has 1 N–H and O–H groups in total. The van der Waals surface area contributed by atoms with Gasteiger partial charge in [0.25, 0.3) is 0 Å². The first-order chi connectivity index (χ1) is 14.0. The van der Waals surface area contributed by atoms with Crippen molar-refractivity contribution in [1.29, 1.82) is 0 Å². The van der Waals surface area contributed by atoms with Crippen molar-refractivity contribution in [3.8, 4) is 0 Å². The van der Waals surface area contributed by atoms with Gasteiger partial charge in [0, 0.05) is 38.1 Å². The predicted octanol–water partition coefficient (Wildman–Crippen LogP) is 2.86. The van der Waals surface area contributed by atoms with Crippen LogP contribution >= 0.6 is 0 Å². The molecule has 5 nitrogen and oxygen atoms in total. The third-order valence-corrected chi connectivity index (χ3v) is 6.81. The van der Waals surface area contributed by atoms with E-state index >= 15 is 0 Å². The average molecular weight is 402 g/mol. The van der Waals surface area contributed by atoms with E-state index < -0.39 is 0 Å². The Morgan fingerprint density at radius 3 is 2.55 bits per heavy atom. The van der Waals surface area contributed by atoms with E-state index in [-0.39, 0.29) is 17.6 Å². The minimum atomic E-state index is -0.268. The minimum absolute atomic E-state index is 0.0104. The van der Waals surface area contributed by atoms with Crippen LogP contribution < -0.4 is 5.32 Å². The van der Waals surface area contributed by atoms with Gasteiger partial charge in [-0.2, -0.15) is 0 Å². The molecule has 1 atom stereocenters. The Hall–Kier alpha value is -1.95. The van der Waals surface area contributed by atoms with Crippen molar-refractivity contribution in [3.63, 3.8) is 0 Å². The molecule has 6 heteroatoms. The van der Waals surface area contributed by atoms with Gasteiger partial charge in [0.2, 0.25) is 11.8 Å². The molecule has 4 rings (SSSR count). The number of nitrogens with one attached hydrogen (secondary N) is 1. The maximum absolute atomic E-state index is 13.5. The van der Waals surface area contributed by atoms with Crippen molar-refractivity contribution >= 4 is 11.8 Å². The van der Waals surface area contributed by atoms with Crippen molar-refractivity contribution < 1.29 is 14.0 Å². The van der Waals surface area contributed by atoms with Crippen LogP contribution in [0.25, 0.3) is 0 Å². The number of aryl methyl sites for hydroxylation is 1. The molecule has 2 saturated heterocycles. The molecule has 0 aromatic heterocycles. The van der Waals surface area contributed by atoms with E-state index in [1.54, 1.807) is 6.07 Å². The molecule has 2 heterocycles. The summed E-state index contributed by atoms with van der Waals surface area (Å²) in [6.07, 6.45) is 6.08. The van der Waals surface area contributed by atoms with Crippen LogP contribution in [0, 0.1) is 24.6 Å². The molecule has 29 heavy (non-hydrogen) atoms. The highest BCUT2D eigenvalue weighted by molar-refractivity contribution is 5.81. The van der Waals surface area contributed by atoms with Crippen molar-refractivity contribution in [2.24, 2.45) is 11.8 Å². The molecule has 0 spiro atoms. The largest absolute Gasteiger partial charge is 0.352 e. The van der Waals surface area contributed by atoms with E-state index in [1.807, 2.05) is 11.8 Å². The topological polar surface area (TPSA) is 52.7 Å². The summed E-state index contributed by atoms with van der Waals surface area (Å²) in [5.74, 6) is 0.446. The summed E-state index contributed by atoms with van der Waals surface area (Å²) >= 11 is 0. The molecule has 1 aromatic rings. The van der Waals surface area contributed by atoms with Gasteiger partial charge in [0.15, 0.2) is 0 Å². The number of hydrogen-bond acceptors (Lipinski definition) is 3. The monoisotopic (exact) mass is 401 g/mol. The zero-order valence-corrected chi connectivity index (χ0v) is 17.3. The van der Waals surface area contributed by atoms with Gasteiger partial charge >= 0.3 is 0 Å². The van der Waals surface area contributed by atoms with Crippen LogP contribution in [0.4, 0.5) is 4.39 Å². The van der Waals surface area contributed by atoms with Crippen LogP contribution in [0.15, 0.2) is 18.2 Å². The zero-order valence-electron chi connectivity index (χ0n) is 17.3. The maximum atomic E-state index is 13.5. The van der Waals surface area contributed by atoms with Crippen LogP contribution in [0.3, 0.4) is 0 Å². The van der Waals surface area contributed by atoms with Gasteiger partial charge in [-0.1, -0.05) is 6.07 Å². The zero-order chi connectivity index (χ0) is 20.4. The van der Waals surface area contributed by atoms with Gasteiger partial charge < -0.3 is 10.2 Å². The van der Waals surface area contributed by atoms with Crippen molar-refractivity contribution in [1.82, 2.24) is 15.1 Å². The third-order valence-electron chi connectivity index (χ3n) is 6.81. The van der Waals surface area contributed by atoms with Crippen LogP contribution in [0.2, 0.25) is 0 Å². The molecule has 0 bridgehead atoms. The lowest BCUT2D eigenvalue weighted by Crippen LogP contribution is -2.51. The number of carbonyl (C=O) groups is 2. The Morgan fingerprint density at radius 1 is 1.07 bits per heavy atom. The third kappa shape index (κ3) is 4.97. The van der Waals surface area contributed by atoms with Gasteiger partial charge in [0.05, 0.1) is 5.92 Å². The lowest BCUT2D eigenvalue weighted by molar-refractivity contribution is -0.134. The van der Waals surface area contributed by atoms with Crippen molar-refractivity contribution in [3.05, 3.63) is 35.1 Å². The average Bonchev–Trinajstić information content (AvgIpc) is 3.59. The number of likely N-dealkylation sites (tertiary alicyclic amines) is 2. The van der Waals surface area contributed by atoms with E-state index in [2.05, 4.69) is 10.2 Å². The fraction of sp³-hybridized carbons (Fsp3) is 0.652. The normalized spacial score (nSPS) is 23.8. The highest BCUT2D eigenvalue weighted by atomic mass is 19.1. The molecule has 0 unspecified atom stereocenters. The SMILES string of the molecule is Cc1ccc(F)cc1CNC(=O)[C@H]1CCCN(C2CCN(C(=O)C3CC3)CC2)C1. The lowest BCUT2D eigenvalue weighted by Gasteiger charge is -2.42. The highest BCUT2D eigenvalue weighted by Gasteiger charge is 2.37. The van der Waals surface area contributed by atoms with Gasteiger partial charge in [-0.25, -0.2) is 4.39 Å². The number of piperidine rings is 2. The smallest absolute Gasteiger partial charge is 0.225 e. The second kappa shape index (κ2) is 8.82. The number of nitrogens with zero attached hydrogens (tertiary/aromatic N) is 2. The lowest BCUT2D eigenvalue weighted by atomic mass is 9.93. The number of rotatable bonds is 5. The Balaban J connectivity index is 1.26. The molecule has 3 fully saturated rings. The number of halogens is 1. The Labute approximate surface area is 172 Å². The Kier molecular flexibility index (Phi) is 6.18. The maximum Gasteiger partial charge on any atom is 0.225 e. The highest BCUT2D eigenvalue weighted by Crippen LogP contribution is 2.32. The van der Waals surface area contributed by atoms with Crippen LogP contribution in [-0.4, -0.2) is 53.8 Å². The van der Waals surface area contributed by atoms with Gasteiger partial charge in [-0.3, -0.25) is 14.5 Å². The summed E-state index contributed by atoms with van der Waals surface area (Å²) < 4.78 is 13.5. The van der Waals surface area contributed by atoms with Gasteiger partial charge in [0.1, 0.15) is 5.82 Å². The Bertz CT molecular complexity index is 756. The van der Waals surface area contributed by atoms with E-state index in [9.17, 15) is 14.0 Å². The summed E-state index contributed by atoms with van der Waals surface area (Å²) in [5, 5.41) is 3.02. The number of amides is 2. The summed E-state index contributed by atoms with van der Waals surface area (Å²) in [5.41, 5.74) is 1.82. The first-order valence-corrected chi connectivity index (χ1v) is 11.1. The van der Waals surface area contributed by atoms with Crippen molar-refractivity contribution in [2.75, 3.05) is 26.2 Å². The molecule has 1 aliphatic carbocycles. The second-order valence-corrected chi connectivity index (χ2v) is 8.95. The molecular formula is C23H32FN3O2. The predicted molar refractivity (Wildman–Crippen MR) is 110 cm³/mol. The van der Waals surface area contributed by atoms with E-state index in [4.69, 9.17) is 0 Å². The number of hydrogen-bond donors (Lipinski definition) is 1. The van der Waals surface area contributed by atoms with Crippen molar-refractivity contribution in [2.45, 2.75) is 58.0 Å².